The number of nitrogens with zero attached hydrogens (tertiary/aromatic N) is 1. The van der Waals surface area contributed by atoms with Crippen LogP contribution in [-0.2, 0) is 6.42 Å². The van der Waals surface area contributed by atoms with Gasteiger partial charge >= 0.3 is 0 Å². The van der Waals surface area contributed by atoms with E-state index in [4.69, 9.17) is 4.99 Å². The monoisotopic (exact) mass is 279 g/mol. The van der Waals surface area contributed by atoms with Crippen molar-refractivity contribution in [3.05, 3.63) is 33.8 Å². The quantitative estimate of drug-likeness (QED) is 0.763. The first-order valence-corrected chi connectivity index (χ1v) is 6.83. The third-order valence-electron chi connectivity index (χ3n) is 3.27. The van der Waals surface area contributed by atoms with Gasteiger partial charge < -0.3 is 0 Å². The second kappa shape index (κ2) is 5.13. The SMILES string of the molecule is CCCN=C1CCc2cccc(Br)c2C1C. The van der Waals surface area contributed by atoms with Crippen molar-refractivity contribution in [3.63, 3.8) is 0 Å². The van der Waals surface area contributed by atoms with E-state index in [1.165, 1.54) is 21.3 Å². The van der Waals surface area contributed by atoms with Crippen molar-refractivity contribution >= 4 is 21.6 Å². The maximum absolute atomic E-state index is 4.72. The number of aliphatic imine (C=N–C) groups is 1. The summed E-state index contributed by atoms with van der Waals surface area (Å²) in [7, 11) is 0. The van der Waals surface area contributed by atoms with E-state index in [2.05, 4.69) is 48.0 Å². The maximum atomic E-state index is 4.72. The zero-order valence-electron chi connectivity index (χ0n) is 9.96. The molecule has 0 radical (unpaired) electrons. The van der Waals surface area contributed by atoms with Crippen LogP contribution in [0.3, 0.4) is 0 Å². The zero-order chi connectivity index (χ0) is 11.5. The van der Waals surface area contributed by atoms with E-state index in [1.54, 1.807) is 0 Å². The number of hydrogen-bond donors (Lipinski definition) is 0. The Morgan fingerprint density at radius 1 is 1.38 bits per heavy atom. The minimum atomic E-state index is 0.478. The van der Waals surface area contributed by atoms with Crippen LogP contribution in [0, 0.1) is 0 Å². The molecule has 0 heterocycles. The maximum Gasteiger partial charge on any atom is 0.0386 e. The number of halogens is 1. The first kappa shape index (κ1) is 11.8. The van der Waals surface area contributed by atoms with Crippen molar-refractivity contribution in [2.24, 2.45) is 4.99 Å². The van der Waals surface area contributed by atoms with Gasteiger partial charge in [-0.3, -0.25) is 4.99 Å². The molecule has 1 atom stereocenters. The molecular formula is C14H18BrN. The first-order chi connectivity index (χ1) is 7.74. The second-order valence-corrected chi connectivity index (χ2v) is 5.26. The lowest BCUT2D eigenvalue weighted by Gasteiger charge is -2.25. The normalized spacial score (nSPS) is 22.2. The first-order valence-electron chi connectivity index (χ1n) is 6.04. The van der Waals surface area contributed by atoms with Gasteiger partial charge in [-0.2, -0.15) is 0 Å². The van der Waals surface area contributed by atoms with E-state index < -0.39 is 0 Å². The molecule has 1 aliphatic carbocycles. The summed E-state index contributed by atoms with van der Waals surface area (Å²) in [5.74, 6) is 0.478. The fourth-order valence-electron chi connectivity index (χ4n) is 2.40. The van der Waals surface area contributed by atoms with Crippen LogP contribution in [-0.4, -0.2) is 12.3 Å². The molecule has 0 saturated carbocycles. The zero-order valence-corrected chi connectivity index (χ0v) is 11.5. The third-order valence-corrected chi connectivity index (χ3v) is 3.96. The lowest BCUT2D eigenvalue weighted by Crippen LogP contribution is -2.19. The smallest absolute Gasteiger partial charge is 0.0386 e. The van der Waals surface area contributed by atoms with Crippen molar-refractivity contribution in [2.45, 2.75) is 39.0 Å². The van der Waals surface area contributed by atoms with E-state index in [-0.39, 0.29) is 0 Å². The van der Waals surface area contributed by atoms with Crippen LogP contribution in [0.1, 0.15) is 43.7 Å². The van der Waals surface area contributed by atoms with Gasteiger partial charge in [0.05, 0.1) is 0 Å². The van der Waals surface area contributed by atoms with Crippen LogP contribution in [0.4, 0.5) is 0 Å². The molecule has 0 amide bonds. The highest BCUT2D eigenvalue weighted by atomic mass is 79.9. The van der Waals surface area contributed by atoms with Gasteiger partial charge in [0, 0.05) is 22.6 Å². The molecule has 1 aliphatic rings. The summed E-state index contributed by atoms with van der Waals surface area (Å²) in [4.78, 5) is 4.72. The molecule has 0 N–H and O–H groups in total. The summed E-state index contributed by atoms with van der Waals surface area (Å²) < 4.78 is 1.24. The van der Waals surface area contributed by atoms with E-state index in [0.29, 0.717) is 5.92 Å². The van der Waals surface area contributed by atoms with Crippen LogP contribution in [0.2, 0.25) is 0 Å². The fourth-order valence-corrected chi connectivity index (χ4v) is 3.15. The summed E-state index contributed by atoms with van der Waals surface area (Å²) in [6.45, 7) is 5.43. The van der Waals surface area contributed by atoms with Crippen molar-refractivity contribution in [1.82, 2.24) is 0 Å². The Bertz CT molecular complexity index is 409. The largest absolute Gasteiger partial charge is 0.293 e. The predicted molar refractivity (Wildman–Crippen MR) is 73.5 cm³/mol. The minimum absolute atomic E-state index is 0.478. The Morgan fingerprint density at radius 2 is 2.19 bits per heavy atom. The van der Waals surface area contributed by atoms with Crippen LogP contribution >= 0.6 is 15.9 Å². The van der Waals surface area contributed by atoms with Crippen LogP contribution < -0.4 is 0 Å². The van der Waals surface area contributed by atoms with Crippen molar-refractivity contribution in [1.29, 1.82) is 0 Å². The number of fused-ring (bicyclic) bond motifs is 1. The van der Waals surface area contributed by atoms with Crippen LogP contribution in [0.25, 0.3) is 0 Å². The van der Waals surface area contributed by atoms with Gasteiger partial charge in [0.1, 0.15) is 0 Å². The molecule has 0 aromatic heterocycles. The topological polar surface area (TPSA) is 12.4 Å². The number of benzene rings is 1. The summed E-state index contributed by atoms with van der Waals surface area (Å²) in [5, 5.41) is 0. The van der Waals surface area contributed by atoms with E-state index in [1.807, 2.05) is 0 Å². The molecule has 0 saturated heterocycles. The van der Waals surface area contributed by atoms with Gasteiger partial charge in [-0.05, 0) is 36.5 Å². The average molecular weight is 280 g/mol. The van der Waals surface area contributed by atoms with Gasteiger partial charge in [0.15, 0.2) is 0 Å². The lowest BCUT2D eigenvalue weighted by molar-refractivity contribution is 0.824. The van der Waals surface area contributed by atoms with E-state index in [9.17, 15) is 0 Å². The Morgan fingerprint density at radius 3 is 2.94 bits per heavy atom. The second-order valence-electron chi connectivity index (χ2n) is 4.41. The summed E-state index contributed by atoms with van der Waals surface area (Å²) in [6, 6.07) is 6.51. The average Bonchev–Trinajstić information content (AvgIpc) is 2.28. The van der Waals surface area contributed by atoms with Crippen LogP contribution in [0.5, 0.6) is 0 Å². The van der Waals surface area contributed by atoms with Gasteiger partial charge in [0.2, 0.25) is 0 Å². The van der Waals surface area contributed by atoms with Gasteiger partial charge in [-0.15, -0.1) is 0 Å². The molecule has 0 bridgehead atoms. The highest BCUT2D eigenvalue weighted by Gasteiger charge is 2.23. The number of aryl methyl sites for hydroxylation is 1. The Kier molecular flexibility index (Phi) is 3.80. The lowest BCUT2D eigenvalue weighted by atomic mass is 9.82. The molecule has 86 valence electrons. The van der Waals surface area contributed by atoms with Crippen LogP contribution in [0.15, 0.2) is 27.7 Å². The minimum Gasteiger partial charge on any atom is -0.293 e. The molecule has 2 rings (SSSR count). The number of hydrogen-bond acceptors (Lipinski definition) is 1. The standard InChI is InChI=1S/C14H18BrN/c1-3-9-16-13-8-7-11-5-4-6-12(15)14(11)10(13)2/h4-6,10H,3,7-9H2,1-2H3. The highest BCUT2D eigenvalue weighted by Crippen LogP contribution is 2.34. The molecule has 1 aromatic carbocycles. The molecule has 2 heteroatoms. The van der Waals surface area contributed by atoms with Crippen molar-refractivity contribution < 1.29 is 0 Å². The molecule has 1 aromatic rings. The Hall–Kier alpha value is -0.630. The third kappa shape index (κ3) is 2.22. The molecular weight excluding hydrogens is 262 g/mol. The molecule has 16 heavy (non-hydrogen) atoms. The molecule has 1 unspecified atom stereocenters. The Labute approximate surface area is 106 Å². The van der Waals surface area contributed by atoms with Crippen molar-refractivity contribution in [3.8, 4) is 0 Å². The van der Waals surface area contributed by atoms with Gasteiger partial charge in [0.25, 0.3) is 0 Å². The van der Waals surface area contributed by atoms with Crippen molar-refractivity contribution in [2.75, 3.05) is 6.54 Å². The summed E-state index contributed by atoms with van der Waals surface area (Å²) >= 11 is 3.66. The highest BCUT2D eigenvalue weighted by molar-refractivity contribution is 9.10. The summed E-state index contributed by atoms with van der Waals surface area (Å²) in [5.41, 5.74) is 4.31. The Balaban J connectivity index is 2.34. The molecule has 0 spiro atoms. The fraction of sp³-hybridized carbons (Fsp3) is 0.500. The van der Waals surface area contributed by atoms with Gasteiger partial charge in [-0.1, -0.05) is 41.9 Å². The van der Waals surface area contributed by atoms with E-state index in [0.717, 1.165) is 25.8 Å². The molecule has 1 nitrogen and oxygen atoms in total. The molecule has 0 aliphatic heterocycles. The predicted octanol–water partition coefficient (Wildman–Crippen LogP) is 4.35. The van der Waals surface area contributed by atoms with Gasteiger partial charge in [-0.25, -0.2) is 0 Å². The number of rotatable bonds is 2. The van der Waals surface area contributed by atoms with E-state index >= 15 is 0 Å². The molecule has 0 fully saturated rings. The summed E-state index contributed by atoms with van der Waals surface area (Å²) in [6.07, 6.45) is 3.41.